The van der Waals surface area contributed by atoms with Crippen molar-refractivity contribution in [3.05, 3.63) is 83.1 Å². The van der Waals surface area contributed by atoms with Crippen molar-refractivity contribution in [1.29, 1.82) is 0 Å². The molecule has 0 aliphatic carbocycles. The third-order valence-corrected chi connectivity index (χ3v) is 6.64. The van der Waals surface area contributed by atoms with Crippen LogP contribution < -0.4 is 0 Å². The van der Waals surface area contributed by atoms with Gasteiger partial charge in [-0.1, -0.05) is 6.07 Å². The van der Waals surface area contributed by atoms with Crippen LogP contribution in [0.15, 0.2) is 53.1 Å². The SMILES string of the molecule is CC(=O)N1CCN(C(=O)c2ccc(CN3CCn4cccc4C3c3ccc(F)cc3F)o2)CC1. The molecule has 0 saturated carbocycles. The normalized spacial score (nSPS) is 18.7. The van der Waals surface area contributed by atoms with Gasteiger partial charge >= 0.3 is 0 Å². The van der Waals surface area contributed by atoms with E-state index in [2.05, 4.69) is 9.47 Å². The lowest BCUT2D eigenvalue weighted by molar-refractivity contribution is -0.130. The molecule has 7 nitrogen and oxygen atoms in total. The molecule has 2 aliphatic rings. The minimum absolute atomic E-state index is 0.00667. The molecule has 4 heterocycles. The summed E-state index contributed by atoms with van der Waals surface area (Å²) < 4.78 is 36.3. The van der Waals surface area contributed by atoms with Gasteiger partial charge in [-0.25, -0.2) is 8.78 Å². The highest BCUT2D eigenvalue weighted by molar-refractivity contribution is 5.91. The molecule has 0 bridgehead atoms. The third kappa shape index (κ3) is 4.23. The summed E-state index contributed by atoms with van der Waals surface area (Å²) >= 11 is 0. The van der Waals surface area contributed by atoms with Crippen molar-refractivity contribution in [3.8, 4) is 0 Å². The van der Waals surface area contributed by atoms with Gasteiger partial charge in [0.25, 0.3) is 5.91 Å². The van der Waals surface area contributed by atoms with Gasteiger partial charge in [0.15, 0.2) is 5.76 Å². The number of aromatic nitrogens is 1. The fraction of sp³-hybridized carbons (Fsp3) is 0.360. The zero-order valence-corrected chi connectivity index (χ0v) is 18.9. The van der Waals surface area contributed by atoms with Crippen molar-refractivity contribution in [2.45, 2.75) is 26.1 Å². The molecular formula is C25H26F2N4O3. The maximum Gasteiger partial charge on any atom is 0.289 e. The summed E-state index contributed by atoms with van der Waals surface area (Å²) in [5.74, 6) is -0.563. The Morgan fingerprint density at radius 2 is 1.74 bits per heavy atom. The number of furan rings is 1. The number of benzene rings is 1. The predicted octanol–water partition coefficient (Wildman–Crippen LogP) is 3.27. The average Bonchev–Trinajstić information content (AvgIpc) is 3.49. The Labute approximate surface area is 196 Å². The van der Waals surface area contributed by atoms with Crippen molar-refractivity contribution in [2.75, 3.05) is 32.7 Å². The van der Waals surface area contributed by atoms with E-state index in [0.29, 0.717) is 50.6 Å². The maximum absolute atomic E-state index is 14.8. The second-order valence-electron chi connectivity index (χ2n) is 8.73. The maximum atomic E-state index is 14.8. The summed E-state index contributed by atoms with van der Waals surface area (Å²) in [6.45, 7) is 5.21. The summed E-state index contributed by atoms with van der Waals surface area (Å²) in [5, 5.41) is 0. The fourth-order valence-corrected chi connectivity index (χ4v) is 4.84. The Balaban J connectivity index is 1.34. The van der Waals surface area contributed by atoms with Crippen LogP contribution >= 0.6 is 0 Å². The molecule has 1 atom stereocenters. The largest absolute Gasteiger partial charge is 0.455 e. The van der Waals surface area contributed by atoms with Crippen LogP contribution in [0.25, 0.3) is 0 Å². The van der Waals surface area contributed by atoms with Gasteiger partial charge in [0, 0.05) is 69.7 Å². The zero-order valence-electron chi connectivity index (χ0n) is 18.9. The van der Waals surface area contributed by atoms with Crippen molar-refractivity contribution in [3.63, 3.8) is 0 Å². The van der Waals surface area contributed by atoms with Crippen LogP contribution in [0.3, 0.4) is 0 Å². The van der Waals surface area contributed by atoms with Gasteiger partial charge in [0.05, 0.1) is 12.6 Å². The number of carbonyl (C=O) groups is 2. The molecule has 1 unspecified atom stereocenters. The summed E-state index contributed by atoms with van der Waals surface area (Å²) in [6, 6.07) is 10.6. The van der Waals surface area contributed by atoms with Gasteiger partial charge in [0.1, 0.15) is 17.4 Å². The molecule has 2 amide bonds. The van der Waals surface area contributed by atoms with Gasteiger partial charge in [0.2, 0.25) is 5.91 Å². The Morgan fingerprint density at radius 3 is 2.47 bits per heavy atom. The number of halogens is 2. The highest BCUT2D eigenvalue weighted by atomic mass is 19.1. The Morgan fingerprint density at radius 1 is 0.971 bits per heavy atom. The van der Waals surface area contributed by atoms with E-state index in [4.69, 9.17) is 4.42 Å². The smallest absolute Gasteiger partial charge is 0.289 e. The first-order valence-electron chi connectivity index (χ1n) is 11.4. The fourth-order valence-electron chi connectivity index (χ4n) is 4.84. The molecular weight excluding hydrogens is 442 g/mol. The molecule has 1 saturated heterocycles. The Kier molecular flexibility index (Phi) is 5.95. The number of carbonyl (C=O) groups excluding carboxylic acids is 2. The summed E-state index contributed by atoms with van der Waals surface area (Å²) in [6.07, 6.45) is 1.95. The van der Waals surface area contributed by atoms with E-state index in [1.807, 2.05) is 18.3 Å². The Bertz CT molecular complexity index is 1210. The van der Waals surface area contributed by atoms with Crippen LogP contribution in [-0.2, 0) is 17.9 Å². The van der Waals surface area contributed by atoms with E-state index in [0.717, 1.165) is 18.3 Å². The number of hydrogen-bond acceptors (Lipinski definition) is 4. The topological polar surface area (TPSA) is 61.9 Å². The molecule has 0 spiro atoms. The molecule has 1 fully saturated rings. The monoisotopic (exact) mass is 468 g/mol. The van der Waals surface area contributed by atoms with Crippen molar-refractivity contribution >= 4 is 11.8 Å². The first-order chi connectivity index (χ1) is 16.4. The number of nitrogens with zero attached hydrogens (tertiary/aromatic N) is 4. The second-order valence-corrected chi connectivity index (χ2v) is 8.73. The van der Waals surface area contributed by atoms with Crippen LogP contribution in [0.1, 0.15) is 40.5 Å². The van der Waals surface area contributed by atoms with E-state index < -0.39 is 17.7 Å². The second kappa shape index (κ2) is 9.06. The molecule has 0 radical (unpaired) electrons. The molecule has 178 valence electrons. The highest BCUT2D eigenvalue weighted by Gasteiger charge is 2.32. The van der Waals surface area contributed by atoms with E-state index in [1.165, 1.54) is 19.1 Å². The van der Waals surface area contributed by atoms with Crippen LogP contribution in [0.2, 0.25) is 0 Å². The quantitative estimate of drug-likeness (QED) is 0.590. The molecule has 0 N–H and O–H groups in total. The summed E-state index contributed by atoms with van der Waals surface area (Å²) in [5.41, 5.74) is 1.32. The lowest BCUT2D eigenvalue weighted by Crippen LogP contribution is -2.50. The third-order valence-electron chi connectivity index (χ3n) is 6.64. The van der Waals surface area contributed by atoms with Gasteiger partial charge in [-0.2, -0.15) is 0 Å². The predicted molar refractivity (Wildman–Crippen MR) is 120 cm³/mol. The first-order valence-corrected chi connectivity index (χ1v) is 11.4. The zero-order chi connectivity index (χ0) is 23.8. The lowest BCUT2D eigenvalue weighted by atomic mass is 9.99. The van der Waals surface area contributed by atoms with E-state index in [9.17, 15) is 18.4 Å². The highest BCUT2D eigenvalue weighted by Crippen LogP contribution is 2.35. The standard InChI is InChI=1S/C25H26F2N4O3/c1-17(32)28-9-12-30(13-10-28)25(33)23-7-5-19(34-23)16-31-14-11-29-8-2-3-22(29)24(31)20-6-4-18(26)15-21(20)27/h2-8,15,24H,9-14,16H2,1H3. The number of hydrogen-bond donors (Lipinski definition) is 0. The molecule has 2 aliphatic heterocycles. The molecule has 2 aromatic heterocycles. The number of amides is 2. The lowest BCUT2D eigenvalue weighted by Gasteiger charge is -2.37. The summed E-state index contributed by atoms with van der Waals surface area (Å²) in [4.78, 5) is 29.9. The van der Waals surface area contributed by atoms with Crippen molar-refractivity contribution < 1.29 is 22.8 Å². The van der Waals surface area contributed by atoms with E-state index in [-0.39, 0.29) is 17.6 Å². The molecule has 1 aromatic carbocycles. The van der Waals surface area contributed by atoms with E-state index >= 15 is 0 Å². The number of fused-ring (bicyclic) bond motifs is 1. The molecule has 5 rings (SSSR count). The first kappa shape index (κ1) is 22.3. The van der Waals surface area contributed by atoms with Gasteiger partial charge in [-0.3, -0.25) is 14.5 Å². The molecule has 34 heavy (non-hydrogen) atoms. The number of piperazine rings is 1. The van der Waals surface area contributed by atoms with Gasteiger partial charge < -0.3 is 18.8 Å². The van der Waals surface area contributed by atoms with E-state index in [1.54, 1.807) is 21.9 Å². The average molecular weight is 469 g/mol. The van der Waals surface area contributed by atoms with Crippen LogP contribution in [0, 0.1) is 11.6 Å². The molecule has 3 aromatic rings. The van der Waals surface area contributed by atoms with Gasteiger partial charge in [-0.05, 0) is 30.3 Å². The van der Waals surface area contributed by atoms with Crippen LogP contribution in [0.5, 0.6) is 0 Å². The van der Waals surface area contributed by atoms with Crippen LogP contribution in [0.4, 0.5) is 8.78 Å². The van der Waals surface area contributed by atoms with Gasteiger partial charge in [-0.15, -0.1) is 0 Å². The van der Waals surface area contributed by atoms with Crippen molar-refractivity contribution in [1.82, 2.24) is 19.3 Å². The summed E-state index contributed by atoms with van der Waals surface area (Å²) in [7, 11) is 0. The van der Waals surface area contributed by atoms with Crippen molar-refractivity contribution in [2.24, 2.45) is 0 Å². The Hall–Kier alpha value is -3.46. The molecule has 9 heteroatoms. The number of rotatable bonds is 4. The van der Waals surface area contributed by atoms with Crippen LogP contribution in [-0.4, -0.2) is 63.8 Å². The minimum Gasteiger partial charge on any atom is -0.455 e. The minimum atomic E-state index is -0.614.